The molecule has 3 nitrogen and oxygen atoms in total. The monoisotopic (exact) mass is 212 g/mol. The van der Waals surface area contributed by atoms with Crippen molar-refractivity contribution in [1.82, 2.24) is 0 Å². The van der Waals surface area contributed by atoms with Gasteiger partial charge in [-0.1, -0.05) is 38.0 Å². The summed E-state index contributed by atoms with van der Waals surface area (Å²) in [5.74, 6) is 4.49. The number of carboxylic acids is 1. The van der Waals surface area contributed by atoms with E-state index in [1.807, 2.05) is 0 Å². The molecule has 2 N–H and O–H groups in total. The minimum absolute atomic E-state index is 0.0511. The number of carbonyl (C=O) groups is 1. The van der Waals surface area contributed by atoms with Crippen LogP contribution in [0.5, 0.6) is 0 Å². The number of aliphatic hydroxyl groups excluding tert-OH is 1. The van der Waals surface area contributed by atoms with Gasteiger partial charge in [-0.3, -0.25) is 4.79 Å². The first-order chi connectivity index (χ1) is 7.16. The predicted molar refractivity (Wildman–Crippen MR) is 59.4 cm³/mol. The summed E-state index contributed by atoms with van der Waals surface area (Å²) in [7, 11) is 0. The standard InChI is InChI=1S/C12H20O3/c1-2-3-4-5-8-11(13)9-6-7-10-12(14)15/h11,13H,2-5,7-8,10H2,1H3,(H,14,15). The lowest BCUT2D eigenvalue weighted by Gasteiger charge is -2.01. The Labute approximate surface area is 91.5 Å². The summed E-state index contributed by atoms with van der Waals surface area (Å²) in [6.07, 6.45) is 4.97. The predicted octanol–water partition coefficient (Wildman–Crippen LogP) is 2.19. The third-order valence-corrected chi connectivity index (χ3v) is 2.06. The highest BCUT2D eigenvalue weighted by atomic mass is 16.4. The Morgan fingerprint density at radius 3 is 2.67 bits per heavy atom. The van der Waals surface area contributed by atoms with Gasteiger partial charge in [-0.25, -0.2) is 0 Å². The lowest BCUT2D eigenvalue weighted by atomic mass is 10.1. The lowest BCUT2D eigenvalue weighted by Crippen LogP contribution is -2.02. The molecule has 86 valence electrons. The number of hydrogen-bond acceptors (Lipinski definition) is 2. The van der Waals surface area contributed by atoms with Crippen LogP contribution in [-0.4, -0.2) is 22.3 Å². The molecule has 0 spiro atoms. The van der Waals surface area contributed by atoms with E-state index in [0.717, 1.165) is 12.8 Å². The van der Waals surface area contributed by atoms with Crippen LogP contribution >= 0.6 is 0 Å². The van der Waals surface area contributed by atoms with Crippen LogP contribution < -0.4 is 0 Å². The van der Waals surface area contributed by atoms with E-state index in [-0.39, 0.29) is 6.42 Å². The van der Waals surface area contributed by atoms with Crippen molar-refractivity contribution >= 4 is 5.97 Å². The molecule has 0 aromatic carbocycles. The van der Waals surface area contributed by atoms with Crippen LogP contribution in [-0.2, 0) is 4.79 Å². The molecule has 15 heavy (non-hydrogen) atoms. The number of aliphatic hydroxyl groups is 1. The molecule has 0 saturated carbocycles. The van der Waals surface area contributed by atoms with Gasteiger partial charge in [0.1, 0.15) is 6.10 Å². The highest BCUT2D eigenvalue weighted by Crippen LogP contribution is 2.04. The first kappa shape index (κ1) is 14.0. The van der Waals surface area contributed by atoms with Gasteiger partial charge in [0.05, 0.1) is 6.42 Å². The Morgan fingerprint density at radius 1 is 1.33 bits per heavy atom. The largest absolute Gasteiger partial charge is 0.481 e. The van der Waals surface area contributed by atoms with Crippen molar-refractivity contribution in [2.45, 2.75) is 58.0 Å². The van der Waals surface area contributed by atoms with Crippen LogP contribution in [0.4, 0.5) is 0 Å². The average Bonchev–Trinajstić information content (AvgIpc) is 2.19. The molecule has 0 aliphatic rings. The molecule has 0 heterocycles. The minimum atomic E-state index is -0.846. The van der Waals surface area contributed by atoms with Crippen LogP contribution in [0, 0.1) is 11.8 Å². The van der Waals surface area contributed by atoms with Crippen molar-refractivity contribution in [2.75, 3.05) is 0 Å². The van der Waals surface area contributed by atoms with Crippen LogP contribution in [0.1, 0.15) is 51.9 Å². The van der Waals surface area contributed by atoms with Gasteiger partial charge in [0.15, 0.2) is 0 Å². The van der Waals surface area contributed by atoms with Gasteiger partial charge in [0.2, 0.25) is 0 Å². The van der Waals surface area contributed by atoms with Crippen LogP contribution in [0.25, 0.3) is 0 Å². The van der Waals surface area contributed by atoms with Crippen LogP contribution in [0.15, 0.2) is 0 Å². The summed E-state index contributed by atoms with van der Waals surface area (Å²) >= 11 is 0. The molecular weight excluding hydrogens is 192 g/mol. The van der Waals surface area contributed by atoms with Gasteiger partial charge in [0.25, 0.3) is 0 Å². The average molecular weight is 212 g/mol. The van der Waals surface area contributed by atoms with Crippen molar-refractivity contribution in [1.29, 1.82) is 0 Å². The lowest BCUT2D eigenvalue weighted by molar-refractivity contribution is -0.136. The van der Waals surface area contributed by atoms with Crippen molar-refractivity contribution in [3.05, 3.63) is 0 Å². The first-order valence-electron chi connectivity index (χ1n) is 5.55. The Balaban J connectivity index is 3.45. The number of rotatable bonds is 7. The SMILES string of the molecule is CCCCCCC(O)C#CCCC(=O)O. The van der Waals surface area contributed by atoms with Gasteiger partial charge in [-0.15, -0.1) is 0 Å². The van der Waals surface area contributed by atoms with E-state index in [9.17, 15) is 9.90 Å². The van der Waals surface area contributed by atoms with E-state index in [4.69, 9.17) is 5.11 Å². The van der Waals surface area contributed by atoms with E-state index < -0.39 is 12.1 Å². The molecular formula is C12H20O3. The molecule has 0 fully saturated rings. The zero-order valence-electron chi connectivity index (χ0n) is 9.33. The Bertz CT molecular complexity index is 225. The minimum Gasteiger partial charge on any atom is -0.481 e. The fourth-order valence-corrected chi connectivity index (χ4v) is 1.20. The topological polar surface area (TPSA) is 57.5 Å². The number of aliphatic carboxylic acids is 1. The Kier molecular flexibility index (Phi) is 8.90. The Morgan fingerprint density at radius 2 is 2.07 bits per heavy atom. The van der Waals surface area contributed by atoms with Crippen molar-refractivity contribution < 1.29 is 15.0 Å². The number of carboxylic acid groups (broad SMARTS) is 1. The van der Waals surface area contributed by atoms with Crippen LogP contribution in [0.3, 0.4) is 0 Å². The molecule has 3 heteroatoms. The summed E-state index contributed by atoms with van der Waals surface area (Å²) in [5.41, 5.74) is 0. The maximum atomic E-state index is 10.2. The second kappa shape index (κ2) is 9.54. The second-order valence-corrected chi connectivity index (χ2v) is 3.58. The van der Waals surface area contributed by atoms with Gasteiger partial charge < -0.3 is 10.2 Å². The third-order valence-electron chi connectivity index (χ3n) is 2.06. The summed E-state index contributed by atoms with van der Waals surface area (Å²) in [4.78, 5) is 10.2. The van der Waals surface area contributed by atoms with Gasteiger partial charge in [-0.2, -0.15) is 0 Å². The molecule has 1 atom stereocenters. The summed E-state index contributed by atoms with van der Waals surface area (Å²) in [6, 6.07) is 0. The first-order valence-corrected chi connectivity index (χ1v) is 5.55. The second-order valence-electron chi connectivity index (χ2n) is 3.58. The van der Waals surface area contributed by atoms with Crippen molar-refractivity contribution in [2.24, 2.45) is 0 Å². The summed E-state index contributed by atoms with van der Waals surface area (Å²) in [6.45, 7) is 2.14. The van der Waals surface area contributed by atoms with Crippen molar-refractivity contribution in [3.63, 3.8) is 0 Å². The van der Waals surface area contributed by atoms with Gasteiger partial charge >= 0.3 is 5.97 Å². The van der Waals surface area contributed by atoms with Gasteiger partial charge in [0, 0.05) is 6.42 Å². The summed E-state index contributed by atoms with van der Waals surface area (Å²) < 4.78 is 0. The van der Waals surface area contributed by atoms with E-state index in [2.05, 4.69) is 18.8 Å². The van der Waals surface area contributed by atoms with E-state index >= 15 is 0 Å². The maximum Gasteiger partial charge on any atom is 0.304 e. The fraction of sp³-hybridized carbons (Fsp3) is 0.750. The molecule has 0 aliphatic heterocycles. The van der Waals surface area contributed by atoms with E-state index in [1.54, 1.807) is 0 Å². The molecule has 1 unspecified atom stereocenters. The molecule has 0 amide bonds. The number of hydrogen-bond donors (Lipinski definition) is 2. The smallest absolute Gasteiger partial charge is 0.304 e. The van der Waals surface area contributed by atoms with Crippen molar-refractivity contribution in [3.8, 4) is 11.8 Å². The van der Waals surface area contributed by atoms with Gasteiger partial charge in [-0.05, 0) is 12.8 Å². The molecule has 0 aliphatic carbocycles. The quantitative estimate of drug-likeness (QED) is 0.502. The molecule has 0 bridgehead atoms. The van der Waals surface area contributed by atoms with E-state index in [0.29, 0.717) is 12.8 Å². The molecule has 0 rings (SSSR count). The third kappa shape index (κ3) is 10.9. The van der Waals surface area contributed by atoms with E-state index in [1.165, 1.54) is 12.8 Å². The Hall–Kier alpha value is -1.01. The fourth-order valence-electron chi connectivity index (χ4n) is 1.20. The zero-order chi connectivity index (χ0) is 11.5. The highest BCUT2D eigenvalue weighted by Gasteiger charge is 1.98. The molecule has 0 radical (unpaired) electrons. The van der Waals surface area contributed by atoms with Crippen LogP contribution in [0.2, 0.25) is 0 Å². The zero-order valence-corrected chi connectivity index (χ0v) is 9.33. The summed E-state index contributed by atoms with van der Waals surface area (Å²) in [5, 5.41) is 17.7. The molecule has 0 aromatic heterocycles. The normalized spacial score (nSPS) is 11.6. The highest BCUT2D eigenvalue weighted by molar-refractivity contribution is 5.66. The molecule has 0 saturated heterocycles. The maximum absolute atomic E-state index is 10.2. The molecule has 0 aromatic rings. The number of unbranched alkanes of at least 4 members (excludes halogenated alkanes) is 3.